The van der Waals surface area contributed by atoms with Crippen LogP contribution in [0.5, 0.6) is 0 Å². The van der Waals surface area contributed by atoms with Gasteiger partial charge in [-0.3, -0.25) is 9.59 Å². The maximum atomic E-state index is 11.7. The number of nitrogens with two attached hydrogens (primary N) is 1. The third-order valence-corrected chi connectivity index (χ3v) is 3.45. The number of esters is 1. The largest absolute Gasteiger partial charge is 0.459 e. The quantitative estimate of drug-likeness (QED) is 0.815. The molecule has 21 heavy (non-hydrogen) atoms. The highest BCUT2D eigenvalue weighted by Gasteiger charge is 2.18. The average Bonchev–Trinajstić information content (AvgIpc) is 3.09. The first-order chi connectivity index (χ1) is 9.97. The second-order valence-corrected chi connectivity index (χ2v) is 5.13. The van der Waals surface area contributed by atoms with Gasteiger partial charge in [-0.25, -0.2) is 4.79 Å². The summed E-state index contributed by atoms with van der Waals surface area (Å²) < 4.78 is 9.80. The van der Waals surface area contributed by atoms with Gasteiger partial charge in [-0.2, -0.15) is 0 Å². The van der Waals surface area contributed by atoms with Crippen LogP contribution in [-0.4, -0.2) is 23.9 Å². The molecule has 8 heteroatoms. The highest BCUT2D eigenvalue weighted by Crippen LogP contribution is 2.23. The number of rotatable bonds is 5. The molecule has 0 aliphatic carbocycles. The predicted octanol–water partition coefficient (Wildman–Crippen LogP) is 1.62. The molecule has 2 amide bonds. The molecule has 0 aliphatic heterocycles. The van der Waals surface area contributed by atoms with Gasteiger partial charge in [0.05, 0.1) is 11.3 Å². The van der Waals surface area contributed by atoms with Gasteiger partial charge in [-0.05, 0) is 31.2 Å². The molecular formula is C13H12N2O5S. The Balaban J connectivity index is 1.99. The minimum Gasteiger partial charge on any atom is -0.459 e. The van der Waals surface area contributed by atoms with Crippen molar-refractivity contribution >= 4 is 34.1 Å². The van der Waals surface area contributed by atoms with E-state index in [1.807, 2.05) is 0 Å². The Morgan fingerprint density at radius 3 is 2.71 bits per heavy atom. The molecule has 0 fully saturated rings. The normalized spacial score (nSPS) is 11.7. The average molecular weight is 308 g/mol. The van der Waals surface area contributed by atoms with Crippen molar-refractivity contribution in [2.75, 3.05) is 5.32 Å². The molecule has 0 saturated heterocycles. The van der Waals surface area contributed by atoms with Gasteiger partial charge in [0.15, 0.2) is 11.9 Å². The van der Waals surface area contributed by atoms with Gasteiger partial charge in [-0.1, -0.05) is 0 Å². The Bertz CT molecular complexity index is 662. The second-order valence-electron chi connectivity index (χ2n) is 4.05. The zero-order valence-electron chi connectivity index (χ0n) is 11.0. The Labute approximate surface area is 123 Å². The summed E-state index contributed by atoms with van der Waals surface area (Å²) in [4.78, 5) is 34.6. The van der Waals surface area contributed by atoms with E-state index in [1.165, 1.54) is 25.3 Å². The number of anilines is 1. The minimum absolute atomic E-state index is 0.162. The summed E-state index contributed by atoms with van der Waals surface area (Å²) in [6.45, 7) is 1.38. The van der Waals surface area contributed by atoms with E-state index in [0.29, 0.717) is 5.00 Å². The fourth-order valence-corrected chi connectivity index (χ4v) is 2.16. The number of carbonyl (C=O) groups is 3. The van der Waals surface area contributed by atoms with Crippen LogP contribution in [0.15, 0.2) is 34.9 Å². The summed E-state index contributed by atoms with van der Waals surface area (Å²) in [5.74, 6) is -1.67. The van der Waals surface area contributed by atoms with Gasteiger partial charge < -0.3 is 20.2 Å². The molecule has 1 unspecified atom stereocenters. The van der Waals surface area contributed by atoms with Crippen molar-refractivity contribution in [3.05, 3.63) is 41.2 Å². The van der Waals surface area contributed by atoms with Crippen molar-refractivity contribution < 1.29 is 23.5 Å². The third kappa shape index (κ3) is 3.69. The first-order valence-electron chi connectivity index (χ1n) is 5.92. The number of hydrogen-bond donors (Lipinski definition) is 2. The van der Waals surface area contributed by atoms with Crippen LogP contribution in [0.4, 0.5) is 5.00 Å². The first-order valence-corrected chi connectivity index (χ1v) is 6.74. The Morgan fingerprint density at radius 2 is 2.10 bits per heavy atom. The molecule has 0 radical (unpaired) electrons. The van der Waals surface area contributed by atoms with Crippen LogP contribution in [-0.2, 0) is 9.53 Å². The lowest BCUT2D eigenvalue weighted by Crippen LogP contribution is -2.30. The zero-order valence-corrected chi connectivity index (χ0v) is 11.8. The number of amides is 2. The Kier molecular flexibility index (Phi) is 4.39. The summed E-state index contributed by atoms with van der Waals surface area (Å²) >= 11 is 1.02. The summed E-state index contributed by atoms with van der Waals surface area (Å²) in [5, 5.41) is 3.04. The minimum atomic E-state index is -1.01. The van der Waals surface area contributed by atoms with Crippen LogP contribution < -0.4 is 11.1 Å². The smallest absolute Gasteiger partial charge is 0.349 e. The summed E-state index contributed by atoms with van der Waals surface area (Å²) in [6.07, 6.45) is 0.373. The SMILES string of the molecule is CC(OC(=O)c1ccc(NC(=O)c2ccco2)s1)C(N)=O. The lowest BCUT2D eigenvalue weighted by Gasteiger charge is -2.07. The van der Waals surface area contributed by atoms with Gasteiger partial charge in [0.1, 0.15) is 4.88 Å². The molecule has 3 N–H and O–H groups in total. The molecule has 0 saturated carbocycles. The van der Waals surface area contributed by atoms with Crippen molar-refractivity contribution in [2.45, 2.75) is 13.0 Å². The van der Waals surface area contributed by atoms with E-state index >= 15 is 0 Å². The summed E-state index contributed by atoms with van der Waals surface area (Å²) in [7, 11) is 0. The van der Waals surface area contributed by atoms with Crippen molar-refractivity contribution in [1.82, 2.24) is 0 Å². The number of furan rings is 1. The van der Waals surface area contributed by atoms with Crippen LogP contribution in [0.25, 0.3) is 0 Å². The van der Waals surface area contributed by atoms with E-state index in [2.05, 4.69) is 5.32 Å². The fourth-order valence-electron chi connectivity index (χ4n) is 1.37. The highest BCUT2D eigenvalue weighted by atomic mass is 32.1. The molecule has 1 atom stereocenters. The zero-order chi connectivity index (χ0) is 15.4. The van der Waals surface area contributed by atoms with E-state index in [1.54, 1.807) is 12.1 Å². The molecule has 2 rings (SSSR count). The maximum absolute atomic E-state index is 11.7. The van der Waals surface area contributed by atoms with Crippen molar-refractivity contribution in [2.24, 2.45) is 5.73 Å². The third-order valence-electron chi connectivity index (χ3n) is 2.47. The molecule has 0 spiro atoms. The van der Waals surface area contributed by atoms with Gasteiger partial charge in [0.2, 0.25) is 0 Å². The van der Waals surface area contributed by atoms with Crippen LogP contribution in [0.3, 0.4) is 0 Å². The van der Waals surface area contributed by atoms with E-state index in [-0.39, 0.29) is 10.6 Å². The second kappa shape index (κ2) is 6.23. The van der Waals surface area contributed by atoms with Crippen molar-refractivity contribution in [3.8, 4) is 0 Å². The Hall–Kier alpha value is -2.61. The van der Waals surface area contributed by atoms with Crippen molar-refractivity contribution in [1.29, 1.82) is 0 Å². The molecule has 2 aromatic heterocycles. The molecule has 110 valence electrons. The standard InChI is InChI=1S/C13H12N2O5S/c1-7(11(14)16)20-13(18)9-4-5-10(21-9)15-12(17)8-3-2-6-19-8/h2-7H,1H3,(H2,14,16)(H,15,17). The topological polar surface area (TPSA) is 112 Å². The number of primary amides is 1. The highest BCUT2D eigenvalue weighted by molar-refractivity contribution is 7.18. The predicted molar refractivity (Wildman–Crippen MR) is 75.1 cm³/mol. The monoisotopic (exact) mass is 308 g/mol. The van der Waals surface area contributed by atoms with E-state index in [9.17, 15) is 14.4 Å². The molecule has 2 heterocycles. The number of hydrogen-bond acceptors (Lipinski definition) is 6. The van der Waals surface area contributed by atoms with Crippen molar-refractivity contribution in [3.63, 3.8) is 0 Å². The summed E-state index contributed by atoms with van der Waals surface area (Å²) in [5.41, 5.74) is 5.01. The first kappa shape index (κ1) is 14.8. The van der Waals surface area contributed by atoms with Gasteiger partial charge in [0.25, 0.3) is 11.8 Å². The number of ether oxygens (including phenoxy) is 1. The molecular weight excluding hydrogens is 296 g/mol. The van der Waals surface area contributed by atoms with Crippen LogP contribution in [0, 0.1) is 0 Å². The number of nitrogens with one attached hydrogen (secondary N) is 1. The van der Waals surface area contributed by atoms with Crippen LogP contribution >= 0.6 is 11.3 Å². The van der Waals surface area contributed by atoms with Crippen LogP contribution in [0.2, 0.25) is 0 Å². The molecule has 0 bridgehead atoms. The van der Waals surface area contributed by atoms with Gasteiger partial charge >= 0.3 is 5.97 Å². The van der Waals surface area contributed by atoms with E-state index in [4.69, 9.17) is 14.9 Å². The number of carbonyl (C=O) groups excluding carboxylic acids is 3. The van der Waals surface area contributed by atoms with E-state index in [0.717, 1.165) is 11.3 Å². The fraction of sp³-hybridized carbons (Fsp3) is 0.154. The Morgan fingerprint density at radius 1 is 1.33 bits per heavy atom. The summed E-state index contributed by atoms with van der Waals surface area (Å²) in [6, 6.07) is 6.15. The lowest BCUT2D eigenvalue weighted by molar-refractivity contribution is -0.125. The van der Waals surface area contributed by atoms with Crippen LogP contribution in [0.1, 0.15) is 27.2 Å². The van der Waals surface area contributed by atoms with E-state index < -0.39 is 23.9 Å². The number of thiophene rings is 1. The molecule has 0 aromatic carbocycles. The van der Waals surface area contributed by atoms with Gasteiger partial charge in [-0.15, -0.1) is 11.3 Å². The lowest BCUT2D eigenvalue weighted by atomic mass is 10.4. The molecule has 2 aromatic rings. The van der Waals surface area contributed by atoms with Gasteiger partial charge in [0, 0.05) is 0 Å². The maximum Gasteiger partial charge on any atom is 0.349 e. The molecule has 7 nitrogen and oxygen atoms in total. The molecule has 0 aliphatic rings.